The second-order valence-corrected chi connectivity index (χ2v) is 4.05. The Morgan fingerprint density at radius 2 is 1.86 bits per heavy atom. The zero-order valence-corrected chi connectivity index (χ0v) is 10.1. The lowest BCUT2D eigenvalue weighted by atomic mass is 10.1. The highest BCUT2D eigenvalue weighted by molar-refractivity contribution is 4.65. The minimum atomic E-state index is 0.334. The molecular weight excluding hydrogens is 174 g/mol. The number of aliphatic hydroxyl groups excluding tert-OH is 1. The first kappa shape index (κ1) is 13.9. The van der Waals surface area contributed by atoms with E-state index in [0.717, 1.165) is 25.9 Å². The molecule has 0 aliphatic carbocycles. The summed E-state index contributed by atoms with van der Waals surface area (Å²) in [4.78, 5) is 2.52. The first-order valence-electron chi connectivity index (χ1n) is 6.11. The Morgan fingerprint density at radius 3 is 2.36 bits per heavy atom. The minimum absolute atomic E-state index is 0.334. The third-order valence-corrected chi connectivity index (χ3v) is 2.86. The highest BCUT2D eigenvalue weighted by atomic mass is 16.2. The fourth-order valence-corrected chi connectivity index (χ4v) is 1.80. The van der Waals surface area contributed by atoms with Crippen LogP contribution in [0.5, 0.6) is 0 Å². The third-order valence-electron chi connectivity index (χ3n) is 2.86. The van der Waals surface area contributed by atoms with E-state index in [1.165, 1.54) is 19.3 Å². The molecule has 1 atom stereocenters. The Bertz CT molecular complexity index is 117. The fourth-order valence-electron chi connectivity index (χ4n) is 1.80. The van der Waals surface area contributed by atoms with Crippen LogP contribution in [0.3, 0.4) is 0 Å². The van der Waals surface area contributed by atoms with Gasteiger partial charge in [0.25, 0.3) is 0 Å². The molecule has 0 fully saturated rings. The minimum Gasteiger partial charge on any atom is -0.396 e. The van der Waals surface area contributed by atoms with E-state index in [2.05, 4.69) is 25.7 Å². The predicted octanol–water partition coefficient (Wildman–Crippen LogP) is 2.66. The van der Waals surface area contributed by atoms with Gasteiger partial charge in [0.2, 0.25) is 0 Å². The molecule has 0 heterocycles. The summed E-state index contributed by atoms with van der Waals surface area (Å²) in [5.74, 6) is 0. The zero-order chi connectivity index (χ0) is 10.8. The number of aliphatic hydroxyl groups is 1. The van der Waals surface area contributed by atoms with E-state index in [0.29, 0.717) is 12.6 Å². The molecule has 0 aliphatic heterocycles. The maximum Gasteiger partial charge on any atom is 0.0431 e. The molecule has 2 nitrogen and oxygen atoms in total. The number of unbranched alkanes of at least 4 members (excludes halogenated alkanes) is 2. The highest BCUT2D eigenvalue weighted by Gasteiger charge is 2.10. The van der Waals surface area contributed by atoms with Gasteiger partial charge in [-0.25, -0.2) is 0 Å². The monoisotopic (exact) mass is 201 g/mol. The number of hydrogen-bond donors (Lipinski definition) is 1. The molecule has 0 saturated heterocycles. The van der Waals surface area contributed by atoms with E-state index in [1.807, 2.05) is 0 Å². The molecule has 0 saturated carbocycles. The van der Waals surface area contributed by atoms with E-state index in [1.54, 1.807) is 0 Å². The van der Waals surface area contributed by atoms with Gasteiger partial charge in [-0.15, -0.1) is 0 Å². The average molecular weight is 201 g/mol. The van der Waals surface area contributed by atoms with Crippen molar-refractivity contribution in [2.45, 2.75) is 58.9 Å². The summed E-state index contributed by atoms with van der Waals surface area (Å²) in [5.41, 5.74) is 0. The maximum atomic E-state index is 8.71. The Balaban J connectivity index is 3.62. The number of hydrogen-bond acceptors (Lipinski definition) is 2. The fraction of sp³-hybridized carbons (Fsp3) is 1.00. The van der Waals surface area contributed by atoms with Crippen molar-refractivity contribution < 1.29 is 5.11 Å². The van der Waals surface area contributed by atoms with Crippen molar-refractivity contribution in [3.05, 3.63) is 0 Å². The molecule has 0 rings (SSSR count). The first-order valence-corrected chi connectivity index (χ1v) is 6.11. The molecular formula is C12H27NO. The van der Waals surface area contributed by atoms with Crippen LogP contribution >= 0.6 is 0 Å². The smallest absolute Gasteiger partial charge is 0.0431 e. The van der Waals surface area contributed by atoms with Gasteiger partial charge in [-0.05, 0) is 39.3 Å². The van der Waals surface area contributed by atoms with Crippen molar-refractivity contribution >= 4 is 0 Å². The van der Waals surface area contributed by atoms with E-state index in [4.69, 9.17) is 5.11 Å². The summed E-state index contributed by atoms with van der Waals surface area (Å²) in [5, 5.41) is 8.71. The van der Waals surface area contributed by atoms with E-state index in [9.17, 15) is 0 Å². The molecule has 0 amide bonds. The van der Waals surface area contributed by atoms with Crippen molar-refractivity contribution in [2.24, 2.45) is 0 Å². The van der Waals surface area contributed by atoms with Crippen molar-refractivity contribution in [1.29, 1.82) is 0 Å². The molecule has 0 bridgehead atoms. The SMILES string of the molecule is CCCCC(C)N(CC)CCCCO. The Kier molecular flexibility index (Phi) is 9.42. The van der Waals surface area contributed by atoms with Crippen LogP contribution in [0.15, 0.2) is 0 Å². The lowest BCUT2D eigenvalue weighted by Gasteiger charge is -2.27. The van der Waals surface area contributed by atoms with Gasteiger partial charge in [-0.2, -0.15) is 0 Å². The normalized spacial score (nSPS) is 13.5. The molecule has 0 aromatic rings. The lowest BCUT2D eigenvalue weighted by Crippen LogP contribution is -2.33. The maximum absolute atomic E-state index is 8.71. The summed E-state index contributed by atoms with van der Waals surface area (Å²) in [7, 11) is 0. The van der Waals surface area contributed by atoms with E-state index >= 15 is 0 Å². The zero-order valence-electron chi connectivity index (χ0n) is 10.1. The summed E-state index contributed by atoms with van der Waals surface area (Å²) >= 11 is 0. The van der Waals surface area contributed by atoms with Gasteiger partial charge < -0.3 is 10.0 Å². The number of nitrogens with zero attached hydrogens (tertiary/aromatic N) is 1. The molecule has 0 aliphatic rings. The van der Waals surface area contributed by atoms with E-state index < -0.39 is 0 Å². The van der Waals surface area contributed by atoms with Gasteiger partial charge in [-0.3, -0.25) is 0 Å². The van der Waals surface area contributed by atoms with Gasteiger partial charge in [0, 0.05) is 12.6 Å². The second kappa shape index (κ2) is 9.47. The molecule has 0 radical (unpaired) electrons. The summed E-state index contributed by atoms with van der Waals surface area (Å²) < 4.78 is 0. The van der Waals surface area contributed by atoms with Crippen LogP contribution in [0.2, 0.25) is 0 Å². The standard InChI is InChI=1S/C12H27NO/c1-4-6-9-12(3)13(5-2)10-7-8-11-14/h12,14H,4-11H2,1-3H3. The van der Waals surface area contributed by atoms with Gasteiger partial charge in [0.15, 0.2) is 0 Å². The Morgan fingerprint density at radius 1 is 1.14 bits per heavy atom. The predicted molar refractivity (Wildman–Crippen MR) is 62.6 cm³/mol. The molecule has 86 valence electrons. The third kappa shape index (κ3) is 6.39. The van der Waals surface area contributed by atoms with Crippen LogP contribution in [0.25, 0.3) is 0 Å². The quantitative estimate of drug-likeness (QED) is 0.580. The first-order chi connectivity index (χ1) is 6.76. The van der Waals surface area contributed by atoms with Crippen LogP contribution in [0.4, 0.5) is 0 Å². The summed E-state index contributed by atoms with van der Waals surface area (Å²) in [6.45, 7) is 9.40. The van der Waals surface area contributed by atoms with Crippen LogP contribution in [-0.2, 0) is 0 Å². The van der Waals surface area contributed by atoms with Crippen LogP contribution < -0.4 is 0 Å². The van der Waals surface area contributed by atoms with Gasteiger partial charge in [0.1, 0.15) is 0 Å². The molecule has 0 spiro atoms. The average Bonchev–Trinajstić information content (AvgIpc) is 2.21. The van der Waals surface area contributed by atoms with Gasteiger partial charge in [-0.1, -0.05) is 26.7 Å². The highest BCUT2D eigenvalue weighted by Crippen LogP contribution is 2.09. The Labute approximate surface area is 89.3 Å². The second-order valence-electron chi connectivity index (χ2n) is 4.05. The lowest BCUT2D eigenvalue weighted by molar-refractivity contribution is 0.194. The molecule has 0 aromatic heterocycles. The van der Waals surface area contributed by atoms with Gasteiger partial charge in [0.05, 0.1) is 0 Å². The molecule has 1 unspecified atom stereocenters. The molecule has 14 heavy (non-hydrogen) atoms. The van der Waals surface area contributed by atoms with Crippen LogP contribution in [0.1, 0.15) is 52.9 Å². The molecule has 2 heteroatoms. The largest absolute Gasteiger partial charge is 0.396 e. The van der Waals surface area contributed by atoms with Crippen molar-refractivity contribution in [3.63, 3.8) is 0 Å². The van der Waals surface area contributed by atoms with Crippen LogP contribution in [-0.4, -0.2) is 35.7 Å². The van der Waals surface area contributed by atoms with Crippen LogP contribution in [0, 0.1) is 0 Å². The van der Waals surface area contributed by atoms with Crippen molar-refractivity contribution in [1.82, 2.24) is 4.90 Å². The topological polar surface area (TPSA) is 23.5 Å². The van der Waals surface area contributed by atoms with E-state index in [-0.39, 0.29) is 0 Å². The van der Waals surface area contributed by atoms with Crippen molar-refractivity contribution in [3.8, 4) is 0 Å². The Hall–Kier alpha value is -0.0800. The van der Waals surface area contributed by atoms with Gasteiger partial charge >= 0.3 is 0 Å². The number of rotatable bonds is 9. The molecule has 1 N–H and O–H groups in total. The summed E-state index contributed by atoms with van der Waals surface area (Å²) in [6, 6.07) is 0.707. The summed E-state index contributed by atoms with van der Waals surface area (Å²) in [6.07, 6.45) is 6.00. The van der Waals surface area contributed by atoms with Crippen molar-refractivity contribution in [2.75, 3.05) is 19.7 Å². The molecule has 0 aromatic carbocycles.